The number of nitrogens with one attached hydrogen (secondary N) is 2. The molecule has 8 heteroatoms. The summed E-state index contributed by atoms with van der Waals surface area (Å²) >= 11 is 0. The molecule has 1 saturated heterocycles. The van der Waals surface area contributed by atoms with Crippen molar-refractivity contribution in [1.29, 1.82) is 0 Å². The molecule has 3 aromatic rings. The molecule has 0 spiro atoms. The van der Waals surface area contributed by atoms with Gasteiger partial charge in [0.2, 0.25) is 0 Å². The third-order valence-electron chi connectivity index (χ3n) is 4.96. The summed E-state index contributed by atoms with van der Waals surface area (Å²) in [5, 5.41) is 12.9. The zero-order valence-electron chi connectivity index (χ0n) is 15.2. The van der Waals surface area contributed by atoms with Gasteiger partial charge in [0.05, 0.1) is 11.7 Å². The van der Waals surface area contributed by atoms with Crippen molar-refractivity contribution in [3.63, 3.8) is 0 Å². The van der Waals surface area contributed by atoms with Crippen LogP contribution in [-0.4, -0.2) is 57.6 Å². The lowest BCUT2D eigenvalue weighted by molar-refractivity contribution is 0.0668. The standard InChI is InChI=1S/C20H21FN4O3/c21-17-4-3-13(8-14-10-23-19(27)18-2-1-6-25(14)18)9-16(17)20(28)24-7-5-22-11-15(26)12-24/h1-4,6,9-10,15,22,26H,5,7-8,11-12H2,(H,23,27). The Balaban J connectivity index is 1.63. The Bertz CT molecular complexity index is 1070. The number of carbonyl (C=O) groups is 1. The molecule has 7 nitrogen and oxygen atoms in total. The highest BCUT2D eigenvalue weighted by molar-refractivity contribution is 5.94. The van der Waals surface area contributed by atoms with Crippen LogP contribution in [0.3, 0.4) is 0 Å². The topological polar surface area (TPSA) is 89.8 Å². The quantitative estimate of drug-likeness (QED) is 0.622. The highest BCUT2D eigenvalue weighted by Gasteiger charge is 2.24. The average Bonchev–Trinajstić information content (AvgIpc) is 3.08. The van der Waals surface area contributed by atoms with Crippen LogP contribution in [-0.2, 0) is 6.42 Å². The maximum atomic E-state index is 14.4. The van der Waals surface area contributed by atoms with E-state index >= 15 is 0 Å². The van der Waals surface area contributed by atoms with E-state index in [-0.39, 0.29) is 17.7 Å². The Labute approximate surface area is 160 Å². The molecule has 146 valence electrons. The van der Waals surface area contributed by atoms with E-state index in [0.29, 0.717) is 31.6 Å². The zero-order valence-corrected chi connectivity index (χ0v) is 15.2. The second kappa shape index (κ2) is 7.57. The smallest absolute Gasteiger partial charge is 0.272 e. The van der Waals surface area contributed by atoms with Crippen molar-refractivity contribution in [1.82, 2.24) is 19.6 Å². The normalized spacial score (nSPS) is 17.6. The number of β-amino-alcohol motifs (C(OH)–C–C–N with tert-alkyl or cyclic N) is 1. The van der Waals surface area contributed by atoms with Gasteiger partial charge in [0, 0.05) is 50.7 Å². The fourth-order valence-corrected chi connectivity index (χ4v) is 3.55. The van der Waals surface area contributed by atoms with Gasteiger partial charge in [0.25, 0.3) is 11.5 Å². The van der Waals surface area contributed by atoms with Gasteiger partial charge in [-0.3, -0.25) is 9.59 Å². The predicted molar refractivity (Wildman–Crippen MR) is 102 cm³/mol. The molecule has 4 rings (SSSR count). The Morgan fingerprint density at radius 3 is 3.04 bits per heavy atom. The number of halogens is 1. The van der Waals surface area contributed by atoms with Gasteiger partial charge in [-0.25, -0.2) is 4.39 Å². The van der Waals surface area contributed by atoms with Crippen LogP contribution in [0.4, 0.5) is 4.39 Å². The van der Waals surface area contributed by atoms with Crippen LogP contribution in [0, 0.1) is 5.82 Å². The summed E-state index contributed by atoms with van der Waals surface area (Å²) in [7, 11) is 0. The van der Waals surface area contributed by atoms with Gasteiger partial charge < -0.3 is 24.7 Å². The fourth-order valence-electron chi connectivity index (χ4n) is 3.55. The summed E-state index contributed by atoms with van der Waals surface area (Å²) in [5.41, 5.74) is 1.90. The average molecular weight is 384 g/mol. The summed E-state index contributed by atoms with van der Waals surface area (Å²) in [4.78, 5) is 28.9. The predicted octanol–water partition coefficient (Wildman–Crippen LogP) is 0.764. The zero-order chi connectivity index (χ0) is 19.7. The molecule has 1 aromatic carbocycles. The molecule has 1 amide bonds. The first-order chi connectivity index (χ1) is 13.5. The minimum absolute atomic E-state index is 0.0141. The molecular weight excluding hydrogens is 363 g/mol. The monoisotopic (exact) mass is 384 g/mol. The van der Waals surface area contributed by atoms with Crippen molar-refractivity contribution >= 4 is 11.4 Å². The van der Waals surface area contributed by atoms with E-state index in [1.54, 1.807) is 41.1 Å². The minimum atomic E-state index is -0.680. The van der Waals surface area contributed by atoms with E-state index < -0.39 is 17.8 Å². The molecule has 1 unspecified atom stereocenters. The number of benzene rings is 1. The first-order valence-corrected chi connectivity index (χ1v) is 9.17. The van der Waals surface area contributed by atoms with Gasteiger partial charge in [0.1, 0.15) is 11.3 Å². The Morgan fingerprint density at radius 1 is 1.32 bits per heavy atom. The number of aromatic nitrogens is 2. The van der Waals surface area contributed by atoms with Crippen molar-refractivity contribution < 1.29 is 14.3 Å². The molecule has 1 fully saturated rings. The van der Waals surface area contributed by atoms with Crippen LogP contribution < -0.4 is 10.9 Å². The van der Waals surface area contributed by atoms with E-state index in [2.05, 4.69) is 10.3 Å². The maximum absolute atomic E-state index is 14.4. The van der Waals surface area contributed by atoms with Crippen molar-refractivity contribution in [2.75, 3.05) is 26.2 Å². The lowest BCUT2D eigenvalue weighted by Gasteiger charge is -2.22. The molecule has 1 atom stereocenters. The van der Waals surface area contributed by atoms with E-state index in [1.165, 1.54) is 11.0 Å². The summed E-state index contributed by atoms with van der Waals surface area (Å²) < 4.78 is 16.2. The van der Waals surface area contributed by atoms with Crippen molar-refractivity contribution in [3.05, 3.63) is 75.7 Å². The lowest BCUT2D eigenvalue weighted by atomic mass is 10.0. The Morgan fingerprint density at radius 2 is 2.18 bits per heavy atom. The van der Waals surface area contributed by atoms with Crippen LogP contribution in [0.5, 0.6) is 0 Å². The SMILES string of the molecule is O=C(c1cc(Cc2c[nH]c(=O)c3cccn23)ccc1F)N1CCNCC(O)C1. The van der Waals surface area contributed by atoms with Gasteiger partial charge in [-0.2, -0.15) is 0 Å². The van der Waals surface area contributed by atoms with Gasteiger partial charge in [-0.1, -0.05) is 6.07 Å². The largest absolute Gasteiger partial charge is 0.390 e. The summed E-state index contributed by atoms with van der Waals surface area (Å²) in [6.45, 7) is 1.53. The molecule has 3 heterocycles. The number of hydrogen-bond donors (Lipinski definition) is 3. The number of amides is 1. The van der Waals surface area contributed by atoms with Gasteiger partial charge in [-0.05, 0) is 29.8 Å². The first-order valence-electron chi connectivity index (χ1n) is 9.17. The number of carbonyl (C=O) groups excluding carboxylic acids is 1. The number of aromatic amines is 1. The molecule has 2 aromatic heterocycles. The maximum Gasteiger partial charge on any atom is 0.272 e. The highest BCUT2D eigenvalue weighted by Crippen LogP contribution is 2.17. The molecular formula is C20H21FN4O3. The molecule has 0 bridgehead atoms. The second-order valence-electron chi connectivity index (χ2n) is 6.97. The minimum Gasteiger partial charge on any atom is -0.390 e. The van der Waals surface area contributed by atoms with E-state index in [4.69, 9.17) is 0 Å². The van der Waals surface area contributed by atoms with Gasteiger partial charge in [-0.15, -0.1) is 0 Å². The van der Waals surface area contributed by atoms with Crippen molar-refractivity contribution in [3.8, 4) is 0 Å². The molecule has 0 radical (unpaired) electrons. The van der Waals surface area contributed by atoms with E-state index in [9.17, 15) is 19.1 Å². The summed E-state index contributed by atoms with van der Waals surface area (Å²) in [6.07, 6.45) is 3.16. The summed E-state index contributed by atoms with van der Waals surface area (Å²) in [5.74, 6) is -1.03. The van der Waals surface area contributed by atoms with Crippen molar-refractivity contribution in [2.24, 2.45) is 0 Å². The molecule has 3 N–H and O–H groups in total. The fraction of sp³-hybridized carbons (Fsp3) is 0.300. The van der Waals surface area contributed by atoms with Crippen LogP contribution in [0.25, 0.3) is 5.52 Å². The number of H-pyrrole nitrogens is 1. The Kier molecular flexibility index (Phi) is 4.97. The van der Waals surface area contributed by atoms with Crippen LogP contribution >= 0.6 is 0 Å². The number of hydrogen-bond acceptors (Lipinski definition) is 4. The molecule has 28 heavy (non-hydrogen) atoms. The van der Waals surface area contributed by atoms with Crippen LogP contribution in [0.1, 0.15) is 21.6 Å². The number of aliphatic hydroxyl groups excluding tert-OH is 1. The molecule has 0 saturated carbocycles. The highest BCUT2D eigenvalue weighted by atomic mass is 19.1. The van der Waals surface area contributed by atoms with E-state index in [0.717, 1.165) is 11.3 Å². The third kappa shape index (κ3) is 3.56. The van der Waals surface area contributed by atoms with Gasteiger partial charge in [0.15, 0.2) is 0 Å². The number of rotatable bonds is 3. The lowest BCUT2D eigenvalue weighted by Crippen LogP contribution is -2.38. The van der Waals surface area contributed by atoms with E-state index in [1.807, 2.05) is 0 Å². The van der Waals surface area contributed by atoms with Gasteiger partial charge >= 0.3 is 0 Å². The number of fused-ring (bicyclic) bond motifs is 1. The van der Waals surface area contributed by atoms with Crippen LogP contribution in [0.2, 0.25) is 0 Å². The Hall–Kier alpha value is -2.97. The number of aliphatic hydroxyl groups is 1. The first kappa shape index (κ1) is 18.4. The molecule has 1 aliphatic heterocycles. The van der Waals surface area contributed by atoms with Crippen molar-refractivity contribution in [2.45, 2.75) is 12.5 Å². The van der Waals surface area contributed by atoms with Crippen LogP contribution in [0.15, 0.2) is 47.5 Å². The molecule has 0 aliphatic carbocycles. The molecule has 1 aliphatic rings. The summed E-state index contributed by atoms with van der Waals surface area (Å²) in [6, 6.07) is 7.97. The third-order valence-corrected chi connectivity index (χ3v) is 4.96. The number of nitrogens with zero attached hydrogens (tertiary/aromatic N) is 2. The second-order valence-corrected chi connectivity index (χ2v) is 6.97.